The van der Waals surface area contributed by atoms with Crippen LogP contribution in [0.5, 0.6) is 0 Å². The van der Waals surface area contributed by atoms with E-state index in [1.54, 1.807) is 11.3 Å². The molecule has 0 aliphatic rings. The van der Waals surface area contributed by atoms with Crippen LogP contribution in [-0.2, 0) is 18.5 Å². The first-order valence-electron chi connectivity index (χ1n) is 5.71. The zero-order chi connectivity index (χ0) is 12.3. The third-order valence-corrected chi connectivity index (χ3v) is 3.87. The van der Waals surface area contributed by atoms with Crippen molar-refractivity contribution in [2.24, 2.45) is 0 Å². The third-order valence-electron chi connectivity index (χ3n) is 3.03. The van der Waals surface area contributed by atoms with Gasteiger partial charge in [-0.05, 0) is 20.9 Å². The van der Waals surface area contributed by atoms with Gasteiger partial charge in [0.15, 0.2) is 0 Å². The Balaban J connectivity index is 2.09. The molecular formula is C12H18N4S. The maximum absolute atomic E-state index is 4.30. The van der Waals surface area contributed by atoms with Crippen LogP contribution in [0.1, 0.15) is 24.5 Å². The molecule has 0 fully saturated rings. The first-order valence-corrected chi connectivity index (χ1v) is 6.59. The molecule has 2 rings (SSSR count). The van der Waals surface area contributed by atoms with Gasteiger partial charge in [-0.3, -0.25) is 0 Å². The van der Waals surface area contributed by atoms with Crippen molar-refractivity contribution in [3.05, 3.63) is 34.8 Å². The largest absolute Gasteiger partial charge is 0.333 e. The molecule has 5 heteroatoms. The minimum absolute atomic E-state index is 0.0562. The zero-order valence-electron chi connectivity index (χ0n) is 10.5. The molecule has 0 saturated heterocycles. The van der Waals surface area contributed by atoms with Gasteiger partial charge in [0, 0.05) is 30.7 Å². The average Bonchev–Trinajstić information content (AvgIpc) is 2.97. The van der Waals surface area contributed by atoms with Gasteiger partial charge in [0.05, 0.1) is 22.6 Å². The molecule has 2 aromatic rings. The first kappa shape index (κ1) is 12.3. The summed E-state index contributed by atoms with van der Waals surface area (Å²) >= 11 is 1.70. The number of hydrogen-bond donors (Lipinski definition) is 1. The number of thiazole rings is 1. The van der Waals surface area contributed by atoms with Crippen molar-refractivity contribution in [3.8, 4) is 0 Å². The quantitative estimate of drug-likeness (QED) is 0.883. The minimum Gasteiger partial charge on any atom is -0.333 e. The molecule has 0 radical (unpaired) electrons. The van der Waals surface area contributed by atoms with Crippen LogP contribution in [0.25, 0.3) is 0 Å². The second-order valence-corrected chi connectivity index (χ2v) is 5.50. The van der Waals surface area contributed by atoms with Gasteiger partial charge in [-0.25, -0.2) is 9.97 Å². The van der Waals surface area contributed by atoms with Crippen molar-refractivity contribution in [3.63, 3.8) is 0 Å². The molecule has 0 atom stereocenters. The summed E-state index contributed by atoms with van der Waals surface area (Å²) in [5.41, 5.74) is 1.15. The smallest absolute Gasteiger partial charge is 0.0948 e. The van der Waals surface area contributed by atoms with E-state index in [0.29, 0.717) is 0 Å². The van der Waals surface area contributed by atoms with Crippen LogP contribution < -0.4 is 5.32 Å². The molecule has 1 N–H and O–H groups in total. The van der Waals surface area contributed by atoms with Gasteiger partial charge in [0.2, 0.25) is 0 Å². The van der Waals surface area contributed by atoms with Gasteiger partial charge in [0.1, 0.15) is 0 Å². The Morgan fingerprint density at radius 1 is 1.47 bits per heavy atom. The zero-order valence-corrected chi connectivity index (χ0v) is 11.3. The highest BCUT2D eigenvalue weighted by Crippen LogP contribution is 2.19. The topological polar surface area (TPSA) is 42.7 Å². The lowest BCUT2D eigenvalue weighted by Gasteiger charge is -2.25. The monoisotopic (exact) mass is 250 g/mol. The van der Waals surface area contributed by atoms with Crippen molar-refractivity contribution in [1.29, 1.82) is 0 Å². The SMILES string of the molecule is CNC(C)(C)c1cncn1CCc1nccs1. The van der Waals surface area contributed by atoms with E-state index in [0.717, 1.165) is 13.0 Å². The molecule has 0 bridgehead atoms. The van der Waals surface area contributed by atoms with Crippen molar-refractivity contribution < 1.29 is 0 Å². The molecule has 0 saturated carbocycles. The molecule has 0 aliphatic carbocycles. The van der Waals surface area contributed by atoms with Crippen molar-refractivity contribution >= 4 is 11.3 Å². The Morgan fingerprint density at radius 3 is 2.94 bits per heavy atom. The molecule has 2 heterocycles. The second kappa shape index (κ2) is 4.98. The van der Waals surface area contributed by atoms with Crippen molar-refractivity contribution in [2.45, 2.75) is 32.4 Å². The highest BCUT2D eigenvalue weighted by atomic mass is 32.1. The number of imidazole rings is 1. The number of nitrogens with one attached hydrogen (secondary N) is 1. The van der Waals surface area contributed by atoms with Crippen LogP contribution in [0.15, 0.2) is 24.1 Å². The summed E-state index contributed by atoms with van der Waals surface area (Å²) in [6.07, 6.45) is 6.63. The maximum Gasteiger partial charge on any atom is 0.0948 e. The van der Waals surface area contributed by atoms with Crippen LogP contribution in [0.4, 0.5) is 0 Å². The van der Waals surface area contributed by atoms with Gasteiger partial charge in [-0.2, -0.15) is 0 Å². The standard InChI is InChI=1S/C12H18N4S/c1-12(2,13-3)10-8-14-9-16(10)6-4-11-15-5-7-17-11/h5,7-9,13H,4,6H2,1-3H3. The Bertz CT molecular complexity index is 459. The van der Waals surface area contributed by atoms with E-state index in [-0.39, 0.29) is 5.54 Å². The van der Waals surface area contributed by atoms with Gasteiger partial charge in [-0.15, -0.1) is 11.3 Å². The molecule has 92 valence electrons. The molecular weight excluding hydrogens is 232 g/mol. The normalized spacial score (nSPS) is 11.9. The number of nitrogens with zero attached hydrogens (tertiary/aromatic N) is 3. The van der Waals surface area contributed by atoms with E-state index in [4.69, 9.17) is 0 Å². The first-order chi connectivity index (χ1) is 8.13. The van der Waals surface area contributed by atoms with E-state index < -0.39 is 0 Å². The highest BCUT2D eigenvalue weighted by molar-refractivity contribution is 7.09. The van der Waals surface area contributed by atoms with Gasteiger partial charge >= 0.3 is 0 Å². The third kappa shape index (κ3) is 2.73. The number of rotatable bonds is 5. The van der Waals surface area contributed by atoms with Gasteiger partial charge in [-0.1, -0.05) is 0 Å². The lowest BCUT2D eigenvalue weighted by molar-refractivity contribution is 0.408. The van der Waals surface area contributed by atoms with Gasteiger partial charge < -0.3 is 9.88 Å². The predicted octanol–water partition coefficient (Wildman–Crippen LogP) is 2.04. The summed E-state index contributed by atoms with van der Waals surface area (Å²) in [5.74, 6) is 0. The summed E-state index contributed by atoms with van der Waals surface area (Å²) in [5, 5.41) is 6.49. The van der Waals surface area contributed by atoms with Crippen molar-refractivity contribution in [2.75, 3.05) is 7.05 Å². The molecule has 0 spiro atoms. The molecule has 0 amide bonds. The molecule has 17 heavy (non-hydrogen) atoms. The fraction of sp³-hybridized carbons (Fsp3) is 0.500. The van der Waals surface area contributed by atoms with E-state index in [9.17, 15) is 0 Å². The molecule has 4 nitrogen and oxygen atoms in total. The molecule has 2 aromatic heterocycles. The summed E-state index contributed by atoms with van der Waals surface area (Å²) in [6.45, 7) is 5.24. The number of aromatic nitrogens is 3. The van der Waals surface area contributed by atoms with E-state index in [1.165, 1.54) is 10.7 Å². The van der Waals surface area contributed by atoms with E-state index in [2.05, 4.69) is 33.7 Å². The maximum atomic E-state index is 4.30. The van der Waals surface area contributed by atoms with E-state index in [1.807, 2.05) is 31.1 Å². The fourth-order valence-corrected chi connectivity index (χ4v) is 2.35. The Morgan fingerprint density at radius 2 is 2.29 bits per heavy atom. The van der Waals surface area contributed by atoms with Crippen LogP contribution >= 0.6 is 11.3 Å². The van der Waals surface area contributed by atoms with Crippen LogP contribution in [0.2, 0.25) is 0 Å². The lowest BCUT2D eigenvalue weighted by Crippen LogP contribution is -2.35. The summed E-state index contributed by atoms with van der Waals surface area (Å²) in [7, 11) is 1.97. The molecule has 0 unspecified atom stereocenters. The fourth-order valence-electron chi connectivity index (χ4n) is 1.74. The molecule has 0 aliphatic heterocycles. The van der Waals surface area contributed by atoms with Crippen LogP contribution in [-0.4, -0.2) is 21.6 Å². The highest BCUT2D eigenvalue weighted by Gasteiger charge is 2.21. The Kier molecular flexibility index (Phi) is 3.59. The second-order valence-electron chi connectivity index (χ2n) is 4.52. The summed E-state index contributed by atoms with van der Waals surface area (Å²) in [4.78, 5) is 8.54. The van der Waals surface area contributed by atoms with Crippen LogP contribution in [0, 0.1) is 0 Å². The summed E-state index contributed by atoms with van der Waals surface area (Å²) < 4.78 is 2.19. The Hall–Kier alpha value is -1.20. The van der Waals surface area contributed by atoms with Crippen molar-refractivity contribution in [1.82, 2.24) is 19.9 Å². The number of aryl methyl sites for hydroxylation is 2. The average molecular weight is 250 g/mol. The molecule has 0 aromatic carbocycles. The van der Waals surface area contributed by atoms with E-state index >= 15 is 0 Å². The lowest BCUT2D eigenvalue weighted by atomic mass is 10.0. The number of hydrogen-bond acceptors (Lipinski definition) is 4. The predicted molar refractivity (Wildman–Crippen MR) is 70.1 cm³/mol. The van der Waals surface area contributed by atoms with Gasteiger partial charge in [0.25, 0.3) is 0 Å². The Labute approximate surface area is 106 Å². The van der Waals surface area contributed by atoms with Crippen LogP contribution in [0.3, 0.4) is 0 Å². The minimum atomic E-state index is -0.0562. The summed E-state index contributed by atoms with van der Waals surface area (Å²) in [6, 6.07) is 0.